The minimum atomic E-state index is 0.108. The molecule has 0 bridgehead atoms. The number of hydrogen-bond donors (Lipinski definition) is 0. The third kappa shape index (κ3) is 3.70. The fourth-order valence-electron chi connectivity index (χ4n) is 2.24. The van der Waals surface area contributed by atoms with Crippen LogP contribution in [0.5, 0.6) is 0 Å². The number of hydrogen-bond acceptors (Lipinski definition) is 1. The molecule has 0 aliphatic carbocycles. The monoisotopic (exact) mass is 267 g/mol. The molecule has 0 fully saturated rings. The number of carbonyl (C=O) groups excluding carboxylic acids is 1. The van der Waals surface area contributed by atoms with E-state index >= 15 is 0 Å². The van der Waals surface area contributed by atoms with Crippen LogP contribution in [0.2, 0.25) is 0 Å². The lowest BCUT2D eigenvalue weighted by atomic mass is 10.1. The number of nitrogens with zero attached hydrogens (tertiary/aromatic N) is 1. The van der Waals surface area contributed by atoms with Gasteiger partial charge in [0.1, 0.15) is 0 Å². The smallest absolute Gasteiger partial charge is 0.254 e. The first-order chi connectivity index (χ1) is 9.68. The highest BCUT2D eigenvalue weighted by atomic mass is 16.2. The van der Waals surface area contributed by atoms with Gasteiger partial charge in [-0.15, -0.1) is 0 Å². The van der Waals surface area contributed by atoms with Crippen molar-refractivity contribution >= 4 is 5.91 Å². The molecular formula is C18H21NO. The Kier molecular flexibility index (Phi) is 4.94. The van der Waals surface area contributed by atoms with E-state index in [1.54, 1.807) is 0 Å². The number of benzene rings is 2. The summed E-state index contributed by atoms with van der Waals surface area (Å²) >= 11 is 0. The Hall–Kier alpha value is -2.09. The molecule has 2 aromatic carbocycles. The average Bonchev–Trinajstić information content (AvgIpc) is 2.49. The zero-order chi connectivity index (χ0) is 14.4. The molecule has 2 heteroatoms. The molecule has 0 spiro atoms. The topological polar surface area (TPSA) is 20.3 Å². The Labute approximate surface area is 121 Å². The molecule has 2 rings (SSSR count). The minimum Gasteiger partial charge on any atom is -0.336 e. The van der Waals surface area contributed by atoms with E-state index in [0.29, 0.717) is 0 Å². The van der Waals surface area contributed by atoms with Gasteiger partial charge in [0.05, 0.1) is 0 Å². The molecule has 2 aromatic rings. The maximum absolute atomic E-state index is 12.5. The van der Waals surface area contributed by atoms with E-state index in [1.165, 1.54) is 5.56 Å². The Balaban J connectivity index is 2.06. The molecule has 0 saturated carbocycles. The lowest BCUT2D eigenvalue weighted by Gasteiger charge is -2.27. The minimum absolute atomic E-state index is 0.108. The summed E-state index contributed by atoms with van der Waals surface area (Å²) in [6.45, 7) is 4.87. The van der Waals surface area contributed by atoms with E-state index in [4.69, 9.17) is 0 Å². The van der Waals surface area contributed by atoms with Crippen molar-refractivity contribution in [2.75, 3.05) is 6.54 Å². The number of amides is 1. The van der Waals surface area contributed by atoms with Gasteiger partial charge in [-0.1, -0.05) is 48.5 Å². The second kappa shape index (κ2) is 6.90. The van der Waals surface area contributed by atoms with Crippen molar-refractivity contribution in [3.05, 3.63) is 71.8 Å². The normalized spacial score (nSPS) is 10.6. The lowest BCUT2D eigenvalue weighted by molar-refractivity contribution is 0.0708. The number of rotatable bonds is 5. The van der Waals surface area contributed by atoms with Crippen molar-refractivity contribution in [1.82, 2.24) is 4.90 Å². The van der Waals surface area contributed by atoms with Crippen molar-refractivity contribution in [1.29, 1.82) is 0 Å². The Bertz CT molecular complexity index is 534. The summed E-state index contributed by atoms with van der Waals surface area (Å²) in [5, 5.41) is 0. The van der Waals surface area contributed by atoms with Crippen LogP contribution in [0.15, 0.2) is 60.7 Å². The molecule has 0 N–H and O–H groups in total. The molecule has 0 radical (unpaired) electrons. The molecule has 0 aliphatic rings. The predicted molar refractivity (Wildman–Crippen MR) is 82.8 cm³/mol. The second-order valence-electron chi connectivity index (χ2n) is 5.19. The summed E-state index contributed by atoms with van der Waals surface area (Å²) in [6, 6.07) is 20.0. The van der Waals surface area contributed by atoms with Crippen LogP contribution in [-0.2, 0) is 6.42 Å². The molecule has 0 aliphatic heterocycles. The first-order valence-corrected chi connectivity index (χ1v) is 7.08. The van der Waals surface area contributed by atoms with Gasteiger partial charge in [0.15, 0.2) is 0 Å². The highest BCUT2D eigenvalue weighted by molar-refractivity contribution is 5.94. The van der Waals surface area contributed by atoms with Crippen LogP contribution in [0.25, 0.3) is 0 Å². The van der Waals surface area contributed by atoms with E-state index in [2.05, 4.69) is 26.0 Å². The second-order valence-corrected chi connectivity index (χ2v) is 5.19. The quantitative estimate of drug-likeness (QED) is 0.807. The standard InChI is InChI=1S/C18H21NO/c1-15(2)19(14-13-16-9-5-3-6-10-16)18(20)17-11-7-4-8-12-17/h3-12,15H,13-14H2,1-2H3. The van der Waals surface area contributed by atoms with Gasteiger partial charge in [0.2, 0.25) is 0 Å². The summed E-state index contributed by atoms with van der Waals surface area (Å²) in [4.78, 5) is 14.5. The van der Waals surface area contributed by atoms with Crippen LogP contribution in [0, 0.1) is 0 Å². The van der Waals surface area contributed by atoms with Gasteiger partial charge in [-0.2, -0.15) is 0 Å². The molecule has 0 aromatic heterocycles. The van der Waals surface area contributed by atoms with E-state index in [-0.39, 0.29) is 11.9 Å². The summed E-state index contributed by atoms with van der Waals surface area (Å²) < 4.78 is 0. The van der Waals surface area contributed by atoms with Crippen LogP contribution in [-0.4, -0.2) is 23.4 Å². The van der Waals surface area contributed by atoms with Gasteiger partial charge in [-0.25, -0.2) is 0 Å². The van der Waals surface area contributed by atoms with Gasteiger partial charge in [0, 0.05) is 18.2 Å². The molecule has 0 saturated heterocycles. The van der Waals surface area contributed by atoms with Gasteiger partial charge in [-0.3, -0.25) is 4.79 Å². The van der Waals surface area contributed by atoms with Gasteiger partial charge >= 0.3 is 0 Å². The molecule has 0 unspecified atom stereocenters. The zero-order valence-electron chi connectivity index (χ0n) is 12.1. The molecule has 0 heterocycles. The van der Waals surface area contributed by atoms with Crippen LogP contribution < -0.4 is 0 Å². The predicted octanol–water partition coefficient (Wildman–Crippen LogP) is 3.78. The first-order valence-electron chi connectivity index (χ1n) is 7.08. The van der Waals surface area contributed by atoms with Crippen molar-refractivity contribution < 1.29 is 4.79 Å². The third-order valence-electron chi connectivity index (χ3n) is 3.39. The van der Waals surface area contributed by atoms with Crippen molar-refractivity contribution in [3.63, 3.8) is 0 Å². The highest BCUT2D eigenvalue weighted by Crippen LogP contribution is 2.10. The largest absolute Gasteiger partial charge is 0.336 e. The third-order valence-corrected chi connectivity index (χ3v) is 3.39. The Morgan fingerprint density at radius 2 is 1.50 bits per heavy atom. The van der Waals surface area contributed by atoms with Gasteiger partial charge < -0.3 is 4.90 Å². The van der Waals surface area contributed by atoms with Crippen molar-refractivity contribution in [3.8, 4) is 0 Å². The maximum Gasteiger partial charge on any atom is 0.254 e. The SMILES string of the molecule is CC(C)N(CCc1ccccc1)C(=O)c1ccccc1. The average molecular weight is 267 g/mol. The van der Waals surface area contributed by atoms with Crippen molar-refractivity contribution in [2.24, 2.45) is 0 Å². The maximum atomic E-state index is 12.5. The fraction of sp³-hybridized carbons (Fsp3) is 0.278. The first kappa shape index (κ1) is 14.3. The van der Waals surface area contributed by atoms with Gasteiger partial charge in [-0.05, 0) is 38.0 Å². The van der Waals surface area contributed by atoms with E-state index in [0.717, 1.165) is 18.5 Å². The van der Waals surface area contributed by atoms with E-state index in [9.17, 15) is 4.79 Å². The summed E-state index contributed by atoms with van der Waals surface area (Å²) in [7, 11) is 0. The van der Waals surface area contributed by atoms with Gasteiger partial charge in [0.25, 0.3) is 5.91 Å². The van der Waals surface area contributed by atoms with Crippen LogP contribution >= 0.6 is 0 Å². The molecule has 1 amide bonds. The zero-order valence-corrected chi connectivity index (χ0v) is 12.1. The molecule has 104 valence electrons. The Morgan fingerprint density at radius 3 is 2.05 bits per heavy atom. The fourth-order valence-corrected chi connectivity index (χ4v) is 2.24. The highest BCUT2D eigenvalue weighted by Gasteiger charge is 2.18. The number of carbonyl (C=O) groups is 1. The Morgan fingerprint density at radius 1 is 0.950 bits per heavy atom. The lowest BCUT2D eigenvalue weighted by Crippen LogP contribution is -2.38. The summed E-state index contributed by atoms with van der Waals surface area (Å²) in [5.74, 6) is 0.108. The molecule has 0 atom stereocenters. The van der Waals surface area contributed by atoms with Crippen molar-refractivity contribution in [2.45, 2.75) is 26.3 Å². The molecule has 20 heavy (non-hydrogen) atoms. The van der Waals surface area contributed by atoms with E-state index < -0.39 is 0 Å². The van der Waals surface area contributed by atoms with Crippen LogP contribution in [0.3, 0.4) is 0 Å². The molecular weight excluding hydrogens is 246 g/mol. The van der Waals surface area contributed by atoms with Crippen LogP contribution in [0.1, 0.15) is 29.8 Å². The summed E-state index contributed by atoms with van der Waals surface area (Å²) in [5.41, 5.74) is 2.02. The van der Waals surface area contributed by atoms with E-state index in [1.807, 2.05) is 53.4 Å². The van der Waals surface area contributed by atoms with Crippen LogP contribution in [0.4, 0.5) is 0 Å². The molecule has 2 nitrogen and oxygen atoms in total. The summed E-state index contributed by atoms with van der Waals surface area (Å²) in [6.07, 6.45) is 0.887.